The molecule has 4 rings (SSSR count). The number of nitrogen functional groups attached to an aromatic ring is 1. The molecule has 110 valence electrons. The maximum Gasteiger partial charge on any atom is 0.123 e. The quantitative estimate of drug-likeness (QED) is 0.785. The van der Waals surface area contributed by atoms with Crippen LogP contribution >= 0.6 is 0 Å². The maximum absolute atomic E-state index is 5.93. The van der Waals surface area contributed by atoms with Gasteiger partial charge in [0.15, 0.2) is 0 Å². The fourth-order valence-electron chi connectivity index (χ4n) is 3.21. The van der Waals surface area contributed by atoms with Crippen LogP contribution in [0.2, 0.25) is 0 Å². The van der Waals surface area contributed by atoms with E-state index in [2.05, 4.69) is 40.3 Å². The molecule has 0 atom stereocenters. The second-order valence-electron chi connectivity index (χ2n) is 6.11. The lowest BCUT2D eigenvalue weighted by Gasteiger charge is -2.26. The number of hydrogen-bond donors (Lipinski definition) is 1. The first-order valence-corrected chi connectivity index (χ1v) is 7.91. The highest BCUT2D eigenvalue weighted by atomic mass is 14.8. The van der Waals surface area contributed by atoms with Crippen LogP contribution < -0.4 is 5.73 Å². The molecular weight excluding hydrogens is 270 g/mol. The lowest BCUT2D eigenvalue weighted by atomic mass is 9.81. The van der Waals surface area contributed by atoms with E-state index in [1.165, 1.54) is 24.8 Å². The molecule has 1 aliphatic rings. The summed E-state index contributed by atoms with van der Waals surface area (Å²) in [6.07, 6.45) is 6.83. The van der Waals surface area contributed by atoms with E-state index in [1.807, 2.05) is 18.3 Å². The van der Waals surface area contributed by atoms with Crippen molar-refractivity contribution in [3.63, 3.8) is 0 Å². The molecule has 2 aromatic heterocycles. The monoisotopic (exact) mass is 289 g/mol. The van der Waals surface area contributed by atoms with Gasteiger partial charge in [-0.25, -0.2) is 4.98 Å². The van der Waals surface area contributed by atoms with Crippen molar-refractivity contribution in [1.82, 2.24) is 9.97 Å². The summed E-state index contributed by atoms with van der Waals surface area (Å²) in [6.45, 7) is 0. The fourth-order valence-corrected chi connectivity index (χ4v) is 3.21. The van der Waals surface area contributed by atoms with E-state index in [1.54, 1.807) is 0 Å². The Morgan fingerprint density at radius 3 is 2.68 bits per heavy atom. The van der Waals surface area contributed by atoms with Crippen LogP contribution in [0.5, 0.6) is 0 Å². The van der Waals surface area contributed by atoms with Crippen molar-refractivity contribution in [2.24, 2.45) is 5.92 Å². The normalized spacial score (nSPS) is 14.9. The van der Waals surface area contributed by atoms with Gasteiger partial charge >= 0.3 is 0 Å². The minimum Gasteiger partial charge on any atom is -0.384 e. The minimum absolute atomic E-state index is 0.603. The van der Waals surface area contributed by atoms with Gasteiger partial charge in [-0.3, -0.25) is 4.98 Å². The molecule has 0 amide bonds. The molecule has 1 aliphatic carbocycles. The molecule has 1 fully saturated rings. The smallest absolute Gasteiger partial charge is 0.123 e. The zero-order valence-electron chi connectivity index (χ0n) is 12.5. The third-order valence-corrected chi connectivity index (χ3v) is 4.63. The van der Waals surface area contributed by atoms with Gasteiger partial charge in [0.1, 0.15) is 5.82 Å². The molecule has 0 bridgehead atoms. The third kappa shape index (κ3) is 2.33. The van der Waals surface area contributed by atoms with Gasteiger partial charge in [-0.2, -0.15) is 0 Å². The van der Waals surface area contributed by atoms with Gasteiger partial charge in [0.25, 0.3) is 0 Å². The lowest BCUT2D eigenvalue weighted by Crippen LogP contribution is -2.15. The molecule has 0 unspecified atom stereocenters. The van der Waals surface area contributed by atoms with Crippen LogP contribution in [0, 0.1) is 5.92 Å². The number of pyridine rings is 2. The largest absolute Gasteiger partial charge is 0.384 e. The number of para-hydroxylation sites is 1. The van der Waals surface area contributed by atoms with E-state index in [0.717, 1.165) is 34.5 Å². The predicted octanol–water partition coefficient (Wildman–Crippen LogP) is 4.22. The van der Waals surface area contributed by atoms with Gasteiger partial charge < -0.3 is 5.73 Å². The van der Waals surface area contributed by atoms with Gasteiger partial charge in [-0.15, -0.1) is 0 Å². The zero-order chi connectivity index (χ0) is 14.9. The first-order chi connectivity index (χ1) is 10.8. The summed E-state index contributed by atoms with van der Waals surface area (Å²) < 4.78 is 0. The molecule has 3 heteroatoms. The van der Waals surface area contributed by atoms with Crippen LogP contribution in [0.3, 0.4) is 0 Å². The number of nitrogens with two attached hydrogens (primary N) is 1. The predicted molar refractivity (Wildman–Crippen MR) is 90.4 cm³/mol. The van der Waals surface area contributed by atoms with Crippen molar-refractivity contribution >= 4 is 16.7 Å². The molecule has 2 N–H and O–H groups in total. The van der Waals surface area contributed by atoms with E-state index in [-0.39, 0.29) is 0 Å². The van der Waals surface area contributed by atoms with Crippen molar-refractivity contribution in [2.45, 2.75) is 25.7 Å². The minimum atomic E-state index is 0.603. The summed E-state index contributed by atoms with van der Waals surface area (Å²) in [5.74, 6) is 1.36. The molecule has 22 heavy (non-hydrogen) atoms. The van der Waals surface area contributed by atoms with Crippen LogP contribution in [0.25, 0.3) is 22.0 Å². The molecule has 0 saturated heterocycles. The number of benzene rings is 1. The third-order valence-electron chi connectivity index (χ3n) is 4.63. The van der Waals surface area contributed by atoms with E-state index in [4.69, 9.17) is 5.73 Å². The summed E-state index contributed by atoms with van der Waals surface area (Å²) in [7, 11) is 0. The molecule has 0 radical (unpaired) electrons. The standard InChI is InChI=1S/C19H19N3/c20-18-10-9-15(17(22-18)12-13-4-1-5-13)16-8-2-6-14-7-3-11-21-19(14)16/h2-3,6-11,13H,1,4-5,12H2,(H2,20,22). The Balaban J connectivity index is 1.86. The number of aromatic nitrogens is 2. The summed E-state index contributed by atoms with van der Waals surface area (Å²) in [5, 5.41) is 1.16. The second kappa shape index (κ2) is 5.41. The van der Waals surface area contributed by atoms with Gasteiger partial charge in [0.2, 0.25) is 0 Å². The van der Waals surface area contributed by atoms with Crippen molar-refractivity contribution < 1.29 is 0 Å². The molecule has 3 nitrogen and oxygen atoms in total. The molecule has 2 heterocycles. The Hall–Kier alpha value is -2.42. The Labute approximate surface area is 130 Å². The molecule has 0 aliphatic heterocycles. The van der Waals surface area contributed by atoms with Gasteiger partial charge in [0.05, 0.1) is 11.2 Å². The zero-order valence-corrected chi connectivity index (χ0v) is 12.5. The number of nitrogens with zero attached hydrogens (tertiary/aromatic N) is 2. The summed E-state index contributed by atoms with van der Waals surface area (Å²) in [5.41, 5.74) is 10.4. The van der Waals surface area contributed by atoms with Crippen molar-refractivity contribution in [3.8, 4) is 11.1 Å². The topological polar surface area (TPSA) is 51.8 Å². The highest BCUT2D eigenvalue weighted by Crippen LogP contribution is 2.35. The van der Waals surface area contributed by atoms with E-state index in [9.17, 15) is 0 Å². The molecular formula is C19H19N3. The average molecular weight is 289 g/mol. The first-order valence-electron chi connectivity index (χ1n) is 7.91. The van der Waals surface area contributed by atoms with Crippen molar-refractivity contribution in [2.75, 3.05) is 5.73 Å². The highest BCUT2D eigenvalue weighted by molar-refractivity contribution is 5.94. The molecule has 1 saturated carbocycles. The van der Waals surface area contributed by atoms with Gasteiger partial charge in [0, 0.05) is 22.7 Å². The fraction of sp³-hybridized carbons (Fsp3) is 0.263. The SMILES string of the molecule is Nc1ccc(-c2cccc3cccnc23)c(CC2CCC2)n1. The number of rotatable bonds is 3. The molecule has 1 aromatic carbocycles. The Bertz CT molecular complexity index is 817. The molecule has 0 spiro atoms. The van der Waals surface area contributed by atoms with Crippen LogP contribution in [0.15, 0.2) is 48.7 Å². The lowest BCUT2D eigenvalue weighted by molar-refractivity contribution is 0.312. The van der Waals surface area contributed by atoms with Crippen LogP contribution in [-0.2, 0) is 6.42 Å². The molecule has 3 aromatic rings. The Morgan fingerprint density at radius 1 is 1.00 bits per heavy atom. The maximum atomic E-state index is 5.93. The Morgan fingerprint density at radius 2 is 1.86 bits per heavy atom. The highest BCUT2D eigenvalue weighted by Gasteiger charge is 2.21. The Kier molecular flexibility index (Phi) is 3.26. The summed E-state index contributed by atoms with van der Waals surface area (Å²) in [6, 6.07) is 14.4. The average Bonchev–Trinajstić information content (AvgIpc) is 2.51. The number of anilines is 1. The summed E-state index contributed by atoms with van der Waals surface area (Å²) in [4.78, 5) is 9.20. The number of hydrogen-bond acceptors (Lipinski definition) is 3. The van der Waals surface area contributed by atoms with Gasteiger partial charge in [-0.05, 0) is 30.5 Å². The summed E-state index contributed by atoms with van der Waals surface area (Å²) >= 11 is 0. The van der Waals surface area contributed by atoms with E-state index in [0.29, 0.717) is 5.82 Å². The van der Waals surface area contributed by atoms with Crippen LogP contribution in [0.4, 0.5) is 5.82 Å². The van der Waals surface area contributed by atoms with Crippen molar-refractivity contribution in [1.29, 1.82) is 0 Å². The van der Waals surface area contributed by atoms with E-state index >= 15 is 0 Å². The van der Waals surface area contributed by atoms with Crippen molar-refractivity contribution in [3.05, 3.63) is 54.4 Å². The second-order valence-corrected chi connectivity index (χ2v) is 6.11. The van der Waals surface area contributed by atoms with Gasteiger partial charge in [-0.1, -0.05) is 43.5 Å². The van der Waals surface area contributed by atoms with Crippen LogP contribution in [0.1, 0.15) is 25.0 Å². The van der Waals surface area contributed by atoms with E-state index < -0.39 is 0 Å². The van der Waals surface area contributed by atoms with Crippen LogP contribution in [-0.4, -0.2) is 9.97 Å². The number of fused-ring (bicyclic) bond motifs is 1. The first kappa shape index (κ1) is 13.3.